The number of anilines is 3. The Hall–Kier alpha value is -1.87. The van der Waals surface area contributed by atoms with E-state index >= 15 is 0 Å². The Morgan fingerprint density at radius 2 is 1.78 bits per heavy atom. The second-order valence-corrected chi connectivity index (χ2v) is 4.45. The molecule has 2 rings (SSSR count). The summed E-state index contributed by atoms with van der Waals surface area (Å²) < 4.78 is 5.18. The average molecular weight is 263 g/mol. The van der Waals surface area contributed by atoms with E-state index in [1.807, 2.05) is 37.3 Å². The van der Waals surface area contributed by atoms with Crippen LogP contribution in [0.25, 0.3) is 0 Å². The van der Waals surface area contributed by atoms with E-state index in [2.05, 4.69) is 5.32 Å². The molecule has 94 valence electrons. The molecule has 18 heavy (non-hydrogen) atoms. The van der Waals surface area contributed by atoms with Gasteiger partial charge in [0.1, 0.15) is 5.75 Å². The molecule has 0 fully saturated rings. The van der Waals surface area contributed by atoms with Crippen LogP contribution in [0.3, 0.4) is 0 Å². The van der Waals surface area contributed by atoms with Gasteiger partial charge in [0.15, 0.2) is 0 Å². The number of halogens is 1. The molecule has 0 atom stereocenters. The van der Waals surface area contributed by atoms with Crippen LogP contribution in [-0.2, 0) is 0 Å². The summed E-state index contributed by atoms with van der Waals surface area (Å²) in [5, 5.41) is 3.99. The number of nitrogens with two attached hydrogens (primary N) is 1. The van der Waals surface area contributed by atoms with Crippen LogP contribution in [0, 0.1) is 6.92 Å². The fraction of sp³-hybridized carbons (Fsp3) is 0.143. The van der Waals surface area contributed by atoms with Crippen molar-refractivity contribution in [3.63, 3.8) is 0 Å². The summed E-state index contributed by atoms with van der Waals surface area (Å²) in [5.41, 5.74) is 9.26. The number of methoxy groups -OCH3 is 1. The van der Waals surface area contributed by atoms with E-state index in [0.29, 0.717) is 11.4 Å². The minimum atomic E-state index is 0.616. The number of aryl methyl sites for hydroxylation is 1. The Bertz CT molecular complexity index is 570. The Kier molecular flexibility index (Phi) is 3.63. The third kappa shape index (κ3) is 2.68. The van der Waals surface area contributed by atoms with Crippen molar-refractivity contribution in [1.82, 2.24) is 0 Å². The van der Waals surface area contributed by atoms with Gasteiger partial charge in [0.05, 0.1) is 12.8 Å². The first-order valence-corrected chi connectivity index (χ1v) is 5.94. The Morgan fingerprint density at radius 1 is 1.11 bits per heavy atom. The van der Waals surface area contributed by atoms with Gasteiger partial charge in [-0.1, -0.05) is 17.7 Å². The van der Waals surface area contributed by atoms with Gasteiger partial charge in [-0.05, 0) is 36.8 Å². The number of nitrogens with one attached hydrogen (secondary N) is 1. The van der Waals surface area contributed by atoms with Gasteiger partial charge in [-0.2, -0.15) is 0 Å². The van der Waals surface area contributed by atoms with Gasteiger partial charge in [-0.3, -0.25) is 0 Å². The lowest BCUT2D eigenvalue weighted by Gasteiger charge is -2.10. The predicted octanol–water partition coefficient (Wildman–Crippen LogP) is 3.98. The van der Waals surface area contributed by atoms with E-state index in [0.717, 1.165) is 22.0 Å². The second kappa shape index (κ2) is 5.19. The summed E-state index contributed by atoms with van der Waals surface area (Å²) in [4.78, 5) is 0. The van der Waals surface area contributed by atoms with Crippen LogP contribution in [0.5, 0.6) is 5.75 Å². The summed E-state index contributed by atoms with van der Waals surface area (Å²) in [7, 11) is 1.60. The summed E-state index contributed by atoms with van der Waals surface area (Å²) in [6.45, 7) is 1.97. The first kappa shape index (κ1) is 12.6. The largest absolute Gasteiger partial charge is 0.495 e. The fourth-order valence-electron chi connectivity index (χ4n) is 1.63. The van der Waals surface area contributed by atoms with Crippen LogP contribution in [0.2, 0.25) is 5.02 Å². The minimum absolute atomic E-state index is 0.616. The van der Waals surface area contributed by atoms with E-state index < -0.39 is 0 Å². The van der Waals surface area contributed by atoms with E-state index in [9.17, 15) is 0 Å². The molecule has 0 aliphatic heterocycles. The lowest BCUT2D eigenvalue weighted by molar-refractivity contribution is 0.417. The molecule has 4 heteroatoms. The molecule has 0 heterocycles. The number of hydrogen-bond acceptors (Lipinski definition) is 3. The molecule has 0 radical (unpaired) electrons. The zero-order valence-electron chi connectivity index (χ0n) is 10.3. The van der Waals surface area contributed by atoms with Gasteiger partial charge in [0.2, 0.25) is 0 Å². The molecule has 0 amide bonds. The summed E-state index contributed by atoms with van der Waals surface area (Å²) in [5.74, 6) is 0.651. The average Bonchev–Trinajstić information content (AvgIpc) is 2.36. The lowest BCUT2D eigenvalue weighted by atomic mass is 10.2. The highest BCUT2D eigenvalue weighted by atomic mass is 35.5. The smallest absolute Gasteiger partial charge is 0.143 e. The van der Waals surface area contributed by atoms with Crippen LogP contribution in [0.15, 0.2) is 36.4 Å². The molecule has 0 aromatic heterocycles. The fourth-order valence-corrected chi connectivity index (χ4v) is 1.81. The van der Waals surface area contributed by atoms with Crippen LogP contribution in [-0.4, -0.2) is 7.11 Å². The summed E-state index contributed by atoms with van der Waals surface area (Å²) in [6.07, 6.45) is 0. The molecule has 2 aromatic carbocycles. The van der Waals surface area contributed by atoms with Crippen molar-refractivity contribution in [2.24, 2.45) is 0 Å². The van der Waals surface area contributed by atoms with Gasteiger partial charge in [-0.25, -0.2) is 0 Å². The Balaban J connectivity index is 2.25. The molecule has 3 N–H and O–H groups in total. The number of hydrogen-bond donors (Lipinski definition) is 2. The zero-order valence-corrected chi connectivity index (χ0v) is 11.1. The standard InChI is InChI=1S/C14H15ClN2O/c1-9-3-4-10(7-12(9)15)17-11-5-6-13(16)14(8-11)18-2/h3-8,17H,16H2,1-2H3. The molecule has 0 unspecified atom stereocenters. The number of ether oxygens (including phenoxy) is 1. The SMILES string of the molecule is COc1cc(Nc2ccc(C)c(Cl)c2)ccc1N. The van der Waals surface area contributed by atoms with Gasteiger partial charge in [0, 0.05) is 22.5 Å². The molecule has 0 spiro atoms. The van der Waals surface area contributed by atoms with Crippen LogP contribution in [0.4, 0.5) is 17.1 Å². The molecular formula is C14H15ClN2O. The van der Waals surface area contributed by atoms with Crippen molar-refractivity contribution in [1.29, 1.82) is 0 Å². The molecule has 0 bridgehead atoms. The van der Waals surface area contributed by atoms with Crippen LogP contribution >= 0.6 is 11.6 Å². The number of benzene rings is 2. The molecule has 0 saturated heterocycles. The zero-order chi connectivity index (χ0) is 13.1. The molecule has 2 aromatic rings. The van der Waals surface area contributed by atoms with E-state index in [1.165, 1.54) is 0 Å². The maximum Gasteiger partial charge on any atom is 0.143 e. The Labute approximate surface area is 112 Å². The monoisotopic (exact) mass is 262 g/mol. The van der Waals surface area contributed by atoms with Gasteiger partial charge in [0.25, 0.3) is 0 Å². The minimum Gasteiger partial charge on any atom is -0.495 e. The summed E-state index contributed by atoms with van der Waals surface area (Å²) >= 11 is 6.08. The normalized spacial score (nSPS) is 10.2. The first-order valence-electron chi connectivity index (χ1n) is 5.57. The van der Waals surface area contributed by atoms with E-state index in [-0.39, 0.29) is 0 Å². The predicted molar refractivity (Wildman–Crippen MR) is 76.9 cm³/mol. The van der Waals surface area contributed by atoms with Crippen molar-refractivity contribution in [3.05, 3.63) is 47.0 Å². The molecule has 0 saturated carbocycles. The maximum atomic E-state index is 6.08. The van der Waals surface area contributed by atoms with Gasteiger partial charge < -0.3 is 15.8 Å². The van der Waals surface area contributed by atoms with E-state index in [1.54, 1.807) is 13.2 Å². The third-order valence-corrected chi connectivity index (χ3v) is 3.10. The quantitative estimate of drug-likeness (QED) is 0.823. The number of rotatable bonds is 3. The highest BCUT2D eigenvalue weighted by Crippen LogP contribution is 2.28. The molecule has 0 aliphatic rings. The second-order valence-electron chi connectivity index (χ2n) is 4.05. The highest BCUT2D eigenvalue weighted by Gasteiger charge is 2.02. The topological polar surface area (TPSA) is 47.3 Å². The van der Waals surface area contributed by atoms with Crippen molar-refractivity contribution in [2.75, 3.05) is 18.2 Å². The van der Waals surface area contributed by atoms with Gasteiger partial charge >= 0.3 is 0 Å². The molecule has 0 aliphatic carbocycles. The molecular weight excluding hydrogens is 248 g/mol. The van der Waals surface area contributed by atoms with Crippen LogP contribution < -0.4 is 15.8 Å². The maximum absolute atomic E-state index is 6.08. The molecule has 3 nitrogen and oxygen atoms in total. The highest BCUT2D eigenvalue weighted by molar-refractivity contribution is 6.31. The van der Waals surface area contributed by atoms with Gasteiger partial charge in [-0.15, -0.1) is 0 Å². The Morgan fingerprint density at radius 3 is 2.44 bits per heavy atom. The number of nitrogen functional groups attached to an aromatic ring is 1. The lowest BCUT2D eigenvalue weighted by Crippen LogP contribution is -1.95. The van der Waals surface area contributed by atoms with Crippen molar-refractivity contribution >= 4 is 28.7 Å². The van der Waals surface area contributed by atoms with E-state index in [4.69, 9.17) is 22.1 Å². The third-order valence-electron chi connectivity index (χ3n) is 2.69. The van der Waals surface area contributed by atoms with Crippen molar-refractivity contribution in [2.45, 2.75) is 6.92 Å². The van der Waals surface area contributed by atoms with Crippen LogP contribution in [0.1, 0.15) is 5.56 Å². The van der Waals surface area contributed by atoms with Crippen molar-refractivity contribution in [3.8, 4) is 5.75 Å². The van der Waals surface area contributed by atoms with Crippen molar-refractivity contribution < 1.29 is 4.74 Å². The first-order chi connectivity index (χ1) is 8.60. The summed E-state index contributed by atoms with van der Waals surface area (Å²) in [6, 6.07) is 11.4.